The molecule has 2 heteroatoms. The maximum Gasteiger partial charge on any atom is 0.0449 e. The standard InChI is InChI=1S/C17H26N2/c1-14-11-12-18-17(15-7-3-2-4-8-15)13-19(14)16-9-5-6-10-16/h2-4,7-8,14,16-18H,5-6,9-13H2,1H3. The molecule has 2 fully saturated rings. The topological polar surface area (TPSA) is 15.3 Å². The van der Waals surface area contributed by atoms with Crippen LogP contribution < -0.4 is 5.32 Å². The van der Waals surface area contributed by atoms with Crippen LogP contribution in [0.5, 0.6) is 0 Å². The zero-order valence-electron chi connectivity index (χ0n) is 12.0. The lowest BCUT2D eigenvalue weighted by molar-refractivity contribution is 0.142. The molecule has 0 aromatic heterocycles. The summed E-state index contributed by atoms with van der Waals surface area (Å²) >= 11 is 0. The molecule has 1 aliphatic heterocycles. The monoisotopic (exact) mass is 258 g/mol. The maximum absolute atomic E-state index is 3.74. The number of hydrogen-bond acceptors (Lipinski definition) is 2. The lowest BCUT2D eigenvalue weighted by atomic mass is 10.0. The predicted molar refractivity (Wildman–Crippen MR) is 80.2 cm³/mol. The van der Waals surface area contributed by atoms with E-state index in [1.807, 2.05) is 0 Å². The van der Waals surface area contributed by atoms with Gasteiger partial charge in [-0.3, -0.25) is 4.90 Å². The highest BCUT2D eigenvalue weighted by molar-refractivity contribution is 5.19. The summed E-state index contributed by atoms with van der Waals surface area (Å²) in [5, 5.41) is 3.74. The van der Waals surface area contributed by atoms with Crippen LogP contribution in [-0.4, -0.2) is 30.1 Å². The second-order valence-electron chi connectivity index (χ2n) is 6.19. The molecule has 1 N–H and O–H groups in total. The van der Waals surface area contributed by atoms with E-state index in [4.69, 9.17) is 0 Å². The minimum Gasteiger partial charge on any atom is -0.309 e. The van der Waals surface area contributed by atoms with E-state index >= 15 is 0 Å². The van der Waals surface area contributed by atoms with Crippen molar-refractivity contribution in [3.63, 3.8) is 0 Å². The Kier molecular flexibility index (Phi) is 4.19. The highest BCUT2D eigenvalue weighted by Gasteiger charge is 2.30. The van der Waals surface area contributed by atoms with E-state index in [9.17, 15) is 0 Å². The largest absolute Gasteiger partial charge is 0.309 e. The lowest BCUT2D eigenvalue weighted by Crippen LogP contribution is -2.42. The average Bonchev–Trinajstić information content (AvgIpc) is 2.90. The lowest BCUT2D eigenvalue weighted by Gasteiger charge is -2.34. The Balaban J connectivity index is 1.75. The Morgan fingerprint density at radius 1 is 1.05 bits per heavy atom. The fourth-order valence-electron chi connectivity index (χ4n) is 3.74. The molecule has 104 valence electrons. The number of benzene rings is 1. The second kappa shape index (κ2) is 6.06. The summed E-state index contributed by atoms with van der Waals surface area (Å²) in [7, 11) is 0. The highest BCUT2D eigenvalue weighted by Crippen LogP contribution is 2.29. The maximum atomic E-state index is 3.74. The molecule has 2 unspecified atom stereocenters. The molecular weight excluding hydrogens is 232 g/mol. The van der Waals surface area contributed by atoms with E-state index in [2.05, 4.69) is 47.5 Å². The summed E-state index contributed by atoms with van der Waals surface area (Å²) in [6.45, 7) is 4.73. The van der Waals surface area contributed by atoms with E-state index in [1.54, 1.807) is 0 Å². The van der Waals surface area contributed by atoms with Gasteiger partial charge in [0.15, 0.2) is 0 Å². The van der Waals surface area contributed by atoms with Gasteiger partial charge in [0.05, 0.1) is 0 Å². The SMILES string of the molecule is CC1CCNC(c2ccccc2)CN1C1CCCC1. The third kappa shape index (κ3) is 3.01. The summed E-state index contributed by atoms with van der Waals surface area (Å²) in [6.07, 6.45) is 6.95. The quantitative estimate of drug-likeness (QED) is 0.875. The van der Waals surface area contributed by atoms with Crippen molar-refractivity contribution in [2.75, 3.05) is 13.1 Å². The van der Waals surface area contributed by atoms with Crippen LogP contribution in [0.4, 0.5) is 0 Å². The van der Waals surface area contributed by atoms with Crippen molar-refractivity contribution in [1.29, 1.82) is 0 Å². The molecule has 0 radical (unpaired) electrons. The highest BCUT2D eigenvalue weighted by atomic mass is 15.2. The first-order valence-corrected chi connectivity index (χ1v) is 7.88. The number of rotatable bonds is 2. The van der Waals surface area contributed by atoms with Crippen LogP contribution in [0.25, 0.3) is 0 Å². The molecule has 1 aromatic rings. The van der Waals surface area contributed by atoms with Crippen LogP contribution in [0.15, 0.2) is 30.3 Å². The Labute approximate surface area is 117 Å². The Morgan fingerprint density at radius 2 is 1.79 bits per heavy atom. The van der Waals surface area contributed by atoms with Crippen molar-refractivity contribution in [2.45, 2.75) is 57.2 Å². The van der Waals surface area contributed by atoms with Gasteiger partial charge in [0.2, 0.25) is 0 Å². The van der Waals surface area contributed by atoms with Crippen molar-refractivity contribution < 1.29 is 0 Å². The minimum atomic E-state index is 0.506. The van der Waals surface area contributed by atoms with E-state index in [0.717, 1.165) is 18.6 Å². The molecule has 0 spiro atoms. The van der Waals surface area contributed by atoms with Gasteiger partial charge in [-0.05, 0) is 38.3 Å². The smallest absolute Gasteiger partial charge is 0.0449 e. The molecule has 1 heterocycles. The summed E-state index contributed by atoms with van der Waals surface area (Å²) < 4.78 is 0. The molecule has 1 aliphatic carbocycles. The molecule has 0 bridgehead atoms. The first-order chi connectivity index (χ1) is 9.34. The second-order valence-corrected chi connectivity index (χ2v) is 6.19. The molecule has 3 rings (SSSR count). The van der Waals surface area contributed by atoms with Crippen LogP contribution in [0, 0.1) is 0 Å². The van der Waals surface area contributed by atoms with Gasteiger partial charge < -0.3 is 5.32 Å². The van der Waals surface area contributed by atoms with Crippen LogP contribution in [0.2, 0.25) is 0 Å². The zero-order valence-corrected chi connectivity index (χ0v) is 12.0. The van der Waals surface area contributed by atoms with Gasteiger partial charge in [-0.1, -0.05) is 43.2 Å². The summed E-state index contributed by atoms with van der Waals surface area (Å²) in [5.41, 5.74) is 1.44. The molecule has 2 nitrogen and oxygen atoms in total. The van der Waals surface area contributed by atoms with Gasteiger partial charge >= 0.3 is 0 Å². The van der Waals surface area contributed by atoms with Crippen molar-refractivity contribution >= 4 is 0 Å². The Bertz CT molecular complexity index is 384. The van der Waals surface area contributed by atoms with Gasteiger partial charge in [0.25, 0.3) is 0 Å². The van der Waals surface area contributed by atoms with Crippen LogP contribution in [0.1, 0.15) is 50.6 Å². The minimum absolute atomic E-state index is 0.506. The zero-order chi connectivity index (χ0) is 13.1. The van der Waals surface area contributed by atoms with E-state index in [-0.39, 0.29) is 0 Å². The summed E-state index contributed by atoms with van der Waals surface area (Å²) in [4.78, 5) is 2.78. The van der Waals surface area contributed by atoms with Crippen LogP contribution in [-0.2, 0) is 0 Å². The molecule has 1 saturated carbocycles. The number of nitrogens with zero attached hydrogens (tertiary/aromatic N) is 1. The van der Waals surface area contributed by atoms with E-state index < -0.39 is 0 Å². The average molecular weight is 258 g/mol. The van der Waals surface area contributed by atoms with E-state index in [0.29, 0.717) is 6.04 Å². The summed E-state index contributed by atoms with van der Waals surface area (Å²) in [6, 6.07) is 13.0. The third-order valence-corrected chi connectivity index (χ3v) is 4.91. The fraction of sp³-hybridized carbons (Fsp3) is 0.647. The van der Waals surface area contributed by atoms with Crippen LogP contribution >= 0.6 is 0 Å². The van der Waals surface area contributed by atoms with Gasteiger partial charge in [-0.15, -0.1) is 0 Å². The van der Waals surface area contributed by atoms with Crippen molar-refractivity contribution in [3.05, 3.63) is 35.9 Å². The molecule has 2 aliphatic rings. The van der Waals surface area contributed by atoms with Crippen molar-refractivity contribution in [1.82, 2.24) is 10.2 Å². The fourth-order valence-corrected chi connectivity index (χ4v) is 3.74. The normalized spacial score (nSPS) is 30.4. The molecular formula is C17H26N2. The molecule has 2 atom stereocenters. The first-order valence-electron chi connectivity index (χ1n) is 7.88. The van der Waals surface area contributed by atoms with Crippen LogP contribution in [0.3, 0.4) is 0 Å². The van der Waals surface area contributed by atoms with Crippen molar-refractivity contribution in [3.8, 4) is 0 Å². The molecule has 0 amide bonds. The predicted octanol–water partition coefficient (Wildman–Crippen LogP) is 3.35. The number of hydrogen-bond donors (Lipinski definition) is 1. The van der Waals surface area contributed by atoms with Gasteiger partial charge in [-0.2, -0.15) is 0 Å². The summed E-state index contributed by atoms with van der Waals surface area (Å²) in [5.74, 6) is 0. The third-order valence-electron chi connectivity index (χ3n) is 4.91. The number of nitrogens with one attached hydrogen (secondary N) is 1. The van der Waals surface area contributed by atoms with E-state index in [1.165, 1.54) is 44.2 Å². The van der Waals surface area contributed by atoms with Gasteiger partial charge in [-0.25, -0.2) is 0 Å². The van der Waals surface area contributed by atoms with Crippen molar-refractivity contribution in [2.24, 2.45) is 0 Å². The van der Waals surface area contributed by atoms with Gasteiger partial charge in [0.1, 0.15) is 0 Å². The molecule has 19 heavy (non-hydrogen) atoms. The Hall–Kier alpha value is -0.860. The first kappa shape index (κ1) is 13.1. The molecule has 1 aromatic carbocycles. The molecule has 1 saturated heterocycles. The van der Waals surface area contributed by atoms with Gasteiger partial charge in [0, 0.05) is 24.7 Å². The Morgan fingerprint density at radius 3 is 2.53 bits per heavy atom.